The van der Waals surface area contributed by atoms with Gasteiger partial charge < -0.3 is 9.80 Å². The van der Waals surface area contributed by atoms with Gasteiger partial charge in [0.05, 0.1) is 23.3 Å². The highest BCUT2D eigenvalue weighted by atomic mass is 19.4. The number of benzene rings is 1. The predicted molar refractivity (Wildman–Crippen MR) is 101 cm³/mol. The highest BCUT2D eigenvalue weighted by molar-refractivity contribution is 5.93. The molecule has 0 radical (unpaired) electrons. The molecule has 0 N–H and O–H groups in total. The van der Waals surface area contributed by atoms with Crippen molar-refractivity contribution in [1.82, 2.24) is 19.8 Å². The van der Waals surface area contributed by atoms with Crippen molar-refractivity contribution in [3.8, 4) is 0 Å². The molecular formula is C21H21F3N4O2. The molecule has 1 aromatic carbocycles. The number of fused-ring (bicyclic) bond motifs is 1. The van der Waals surface area contributed by atoms with Gasteiger partial charge in [0, 0.05) is 31.9 Å². The third-order valence-corrected chi connectivity index (χ3v) is 6.17. The first kappa shape index (κ1) is 20.3. The van der Waals surface area contributed by atoms with E-state index >= 15 is 0 Å². The van der Waals surface area contributed by atoms with Gasteiger partial charge in [-0.3, -0.25) is 14.6 Å². The van der Waals surface area contributed by atoms with Gasteiger partial charge in [-0.05, 0) is 37.5 Å². The number of hydrogen-bond acceptors (Lipinski definition) is 4. The second-order valence-corrected chi connectivity index (χ2v) is 7.93. The van der Waals surface area contributed by atoms with Crippen molar-refractivity contribution < 1.29 is 22.8 Å². The van der Waals surface area contributed by atoms with Gasteiger partial charge in [0.25, 0.3) is 5.91 Å². The van der Waals surface area contributed by atoms with E-state index in [2.05, 4.69) is 9.97 Å². The summed E-state index contributed by atoms with van der Waals surface area (Å²) in [4.78, 5) is 37.2. The number of alkyl halides is 3. The largest absolute Gasteiger partial charge is 0.416 e. The Labute approximate surface area is 171 Å². The Kier molecular flexibility index (Phi) is 4.99. The van der Waals surface area contributed by atoms with E-state index in [4.69, 9.17) is 0 Å². The fourth-order valence-electron chi connectivity index (χ4n) is 4.52. The second-order valence-electron chi connectivity index (χ2n) is 7.93. The summed E-state index contributed by atoms with van der Waals surface area (Å²) in [7, 11) is 0. The Morgan fingerprint density at radius 1 is 1.23 bits per heavy atom. The molecule has 6 nitrogen and oxygen atoms in total. The first-order valence-electron chi connectivity index (χ1n) is 9.74. The van der Waals surface area contributed by atoms with Crippen LogP contribution in [0.1, 0.15) is 47.8 Å². The first-order valence-corrected chi connectivity index (χ1v) is 9.74. The van der Waals surface area contributed by atoms with Gasteiger partial charge in [-0.15, -0.1) is 0 Å². The summed E-state index contributed by atoms with van der Waals surface area (Å²) in [5.74, 6) is -0.275. The number of rotatable bonds is 3. The summed E-state index contributed by atoms with van der Waals surface area (Å²) >= 11 is 0. The highest BCUT2D eigenvalue weighted by Crippen LogP contribution is 2.42. The van der Waals surface area contributed by atoms with Crippen molar-refractivity contribution in [3.05, 3.63) is 59.7 Å². The lowest BCUT2D eigenvalue weighted by atomic mass is 9.83. The Morgan fingerprint density at radius 3 is 2.60 bits per heavy atom. The van der Waals surface area contributed by atoms with E-state index in [1.165, 1.54) is 30.7 Å². The fourth-order valence-corrected chi connectivity index (χ4v) is 4.52. The van der Waals surface area contributed by atoms with Crippen molar-refractivity contribution in [2.24, 2.45) is 0 Å². The number of carbonyl (C=O) groups is 2. The van der Waals surface area contributed by atoms with Crippen LogP contribution >= 0.6 is 0 Å². The summed E-state index contributed by atoms with van der Waals surface area (Å²) in [6.45, 7) is 2.63. The molecule has 2 aliphatic rings. The Bertz CT molecular complexity index is 949. The minimum absolute atomic E-state index is 0.0533. The molecule has 2 atom stereocenters. The van der Waals surface area contributed by atoms with E-state index in [-0.39, 0.29) is 36.5 Å². The van der Waals surface area contributed by atoms with E-state index in [0.29, 0.717) is 24.9 Å². The van der Waals surface area contributed by atoms with Gasteiger partial charge in [-0.1, -0.05) is 12.1 Å². The minimum Gasteiger partial charge on any atom is -0.332 e. The molecule has 3 heterocycles. The SMILES string of the molecule is C[C@]12CCN(C(=O)c3cnccn3)[C@H]1CCC(=O)N2Cc1ccc(C(F)(F)F)cc1. The molecule has 2 aromatic rings. The zero-order chi connectivity index (χ0) is 21.5. The summed E-state index contributed by atoms with van der Waals surface area (Å²) in [5, 5.41) is 0. The zero-order valence-corrected chi connectivity index (χ0v) is 16.4. The molecule has 2 fully saturated rings. The van der Waals surface area contributed by atoms with Crippen LogP contribution in [-0.2, 0) is 17.5 Å². The first-order chi connectivity index (χ1) is 14.2. The Balaban J connectivity index is 1.56. The van der Waals surface area contributed by atoms with E-state index in [9.17, 15) is 22.8 Å². The van der Waals surface area contributed by atoms with E-state index < -0.39 is 17.3 Å². The van der Waals surface area contributed by atoms with Crippen LogP contribution in [0, 0.1) is 0 Å². The molecule has 0 bridgehead atoms. The zero-order valence-electron chi connectivity index (χ0n) is 16.4. The number of hydrogen-bond donors (Lipinski definition) is 0. The number of amides is 2. The van der Waals surface area contributed by atoms with Gasteiger partial charge in [0.15, 0.2) is 0 Å². The minimum atomic E-state index is -4.40. The van der Waals surface area contributed by atoms with Crippen LogP contribution in [0.2, 0.25) is 0 Å². The topological polar surface area (TPSA) is 66.4 Å². The molecule has 2 saturated heterocycles. The molecule has 4 rings (SSSR count). The number of halogens is 3. The van der Waals surface area contributed by atoms with Gasteiger partial charge in [0.1, 0.15) is 5.69 Å². The fraction of sp³-hybridized carbons (Fsp3) is 0.429. The smallest absolute Gasteiger partial charge is 0.332 e. The number of piperidine rings is 1. The van der Waals surface area contributed by atoms with Crippen LogP contribution < -0.4 is 0 Å². The van der Waals surface area contributed by atoms with Crippen molar-refractivity contribution in [2.45, 2.75) is 50.5 Å². The number of aromatic nitrogens is 2. The Morgan fingerprint density at radius 2 is 1.97 bits per heavy atom. The molecule has 9 heteroatoms. The van der Waals surface area contributed by atoms with Crippen LogP contribution in [0.25, 0.3) is 0 Å². The maximum Gasteiger partial charge on any atom is 0.416 e. The van der Waals surface area contributed by atoms with Gasteiger partial charge in [-0.2, -0.15) is 13.2 Å². The molecule has 30 heavy (non-hydrogen) atoms. The van der Waals surface area contributed by atoms with Crippen molar-refractivity contribution in [2.75, 3.05) is 6.54 Å². The predicted octanol–water partition coefficient (Wildman–Crippen LogP) is 3.29. The van der Waals surface area contributed by atoms with Crippen molar-refractivity contribution in [1.29, 1.82) is 0 Å². The van der Waals surface area contributed by atoms with E-state index in [1.54, 1.807) is 9.80 Å². The van der Waals surface area contributed by atoms with Gasteiger partial charge in [-0.25, -0.2) is 4.98 Å². The average Bonchev–Trinajstić information content (AvgIpc) is 3.07. The maximum atomic E-state index is 12.9. The summed E-state index contributed by atoms with van der Waals surface area (Å²) in [6.07, 6.45) is 1.40. The molecular weight excluding hydrogens is 397 g/mol. The standard InChI is InChI=1S/C21H21F3N4O2/c1-20-8-11-27(19(30)16-12-25-9-10-26-16)17(20)6-7-18(29)28(20)13-14-2-4-15(5-3-14)21(22,23)24/h2-5,9-10,12,17H,6-8,11,13H2,1H3/t17-,20-/m0/s1. The molecule has 2 amide bonds. The van der Waals surface area contributed by atoms with E-state index in [1.807, 2.05) is 6.92 Å². The molecule has 0 aliphatic carbocycles. The number of carbonyl (C=O) groups excluding carboxylic acids is 2. The molecule has 1 aromatic heterocycles. The highest BCUT2D eigenvalue weighted by Gasteiger charge is 2.53. The molecule has 0 saturated carbocycles. The van der Waals surface area contributed by atoms with Crippen LogP contribution in [0.15, 0.2) is 42.9 Å². The maximum absolute atomic E-state index is 12.9. The molecule has 0 unspecified atom stereocenters. The van der Waals surface area contributed by atoms with Gasteiger partial charge >= 0.3 is 6.18 Å². The lowest BCUT2D eigenvalue weighted by Crippen LogP contribution is -2.60. The summed E-state index contributed by atoms with van der Waals surface area (Å²) < 4.78 is 38.5. The van der Waals surface area contributed by atoms with Crippen LogP contribution in [-0.4, -0.2) is 49.7 Å². The monoisotopic (exact) mass is 418 g/mol. The lowest BCUT2D eigenvalue weighted by molar-refractivity contribution is -0.144. The summed E-state index contributed by atoms with van der Waals surface area (Å²) in [6, 6.07) is 4.68. The lowest BCUT2D eigenvalue weighted by Gasteiger charge is -2.47. The quantitative estimate of drug-likeness (QED) is 0.767. The molecule has 158 valence electrons. The van der Waals surface area contributed by atoms with E-state index in [0.717, 1.165) is 12.1 Å². The molecule has 2 aliphatic heterocycles. The average molecular weight is 418 g/mol. The third-order valence-electron chi connectivity index (χ3n) is 6.17. The van der Waals surface area contributed by atoms with Crippen molar-refractivity contribution >= 4 is 11.8 Å². The number of nitrogens with zero attached hydrogens (tertiary/aromatic N) is 4. The van der Waals surface area contributed by atoms with Crippen LogP contribution in [0.5, 0.6) is 0 Å². The summed E-state index contributed by atoms with van der Waals surface area (Å²) in [5.41, 5.74) is -0.428. The normalized spacial score (nSPS) is 24.1. The van der Waals surface area contributed by atoms with Gasteiger partial charge in [0.2, 0.25) is 5.91 Å². The second kappa shape index (κ2) is 7.37. The third kappa shape index (κ3) is 3.53. The van der Waals surface area contributed by atoms with Crippen molar-refractivity contribution in [3.63, 3.8) is 0 Å². The number of likely N-dealkylation sites (tertiary alicyclic amines) is 2. The van der Waals surface area contributed by atoms with Crippen LogP contribution in [0.3, 0.4) is 0 Å². The Hall–Kier alpha value is -2.97. The van der Waals surface area contributed by atoms with Crippen LogP contribution in [0.4, 0.5) is 13.2 Å². The molecule has 0 spiro atoms.